The van der Waals surface area contributed by atoms with Gasteiger partial charge in [0.05, 0.1) is 7.05 Å². The number of rotatable bonds is 0. The third kappa shape index (κ3) is 24.9. The minimum absolute atomic E-state index is 0. The standard InChI is InChI=1S/C3H6N4.3C3H4N2O2.C3H4N2OS.C2H4N4.5CH4/c1-3-4-6-7(2)5-3;1-2-4-5-3(6)7-2;1-2-4-3(6)5-7-2;2*1-2-4-3(6)7-5-2;1-2-3-5-6-4-2;;;;;/h1-2H3;2*1H3,(H,5,6);2*1H3,(H,4,5,6);1H3,(H,3,4,5,6);5*1H4. The monoisotopic (exact) mass is 678 g/mol. The molecule has 0 aliphatic heterocycles. The third-order valence-electron chi connectivity index (χ3n) is 3.25. The van der Waals surface area contributed by atoms with E-state index in [4.69, 9.17) is 0 Å². The Morgan fingerprint density at radius 1 is 0.761 bits per heavy atom. The topological polar surface area (TPSA) is 320 Å². The normalized spacial score (nSPS) is 8.24. The van der Waals surface area contributed by atoms with Gasteiger partial charge >= 0.3 is 22.1 Å². The van der Waals surface area contributed by atoms with Crippen molar-refractivity contribution in [3.63, 3.8) is 0 Å². The van der Waals surface area contributed by atoms with Crippen LogP contribution in [0.25, 0.3) is 0 Å². The first-order valence-corrected chi connectivity index (χ1v) is 11.6. The summed E-state index contributed by atoms with van der Waals surface area (Å²) in [6.45, 7) is 10.1. The fourth-order valence-corrected chi connectivity index (χ4v) is 2.27. The maximum atomic E-state index is 10.2. The lowest BCUT2D eigenvalue weighted by Gasteiger charge is -1.73. The molecule has 46 heavy (non-hydrogen) atoms. The summed E-state index contributed by atoms with van der Waals surface area (Å²) in [5.41, 5.74) is -0.433. The van der Waals surface area contributed by atoms with E-state index in [0.717, 1.165) is 11.5 Å². The summed E-state index contributed by atoms with van der Waals surface area (Å²) in [7, 11) is 1.74. The summed E-state index contributed by atoms with van der Waals surface area (Å²) in [4.78, 5) is 49.7. The smallest absolute Gasteiger partial charge is 0.393 e. The van der Waals surface area contributed by atoms with E-state index >= 15 is 0 Å². The Hall–Kier alpha value is -5.68. The highest BCUT2D eigenvalue weighted by atomic mass is 32.1. The summed E-state index contributed by atoms with van der Waals surface area (Å²) < 4.78 is 16.6. The Balaban J connectivity index is -0.000000143. The molecule has 0 amide bonds. The van der Waals surface area contributed by atoms with E-state index in [0.29, 0.717) is 35.1 Å². The maximum Gasteiger partial charge on any atom is 0.438 e. The third-order valence-corrected chi connectivity index (χ3v) is 3.88. The van der Waals surface area contributed by atoms with E-state index in [9.17, 15) is 19.2 Å². The number of nitrogens with zero attached hydrogens (tertiary/aromatic N) is 11. The van der Waals surface area contributed by atoms with Crippen molar-refractivity contribution in [3.8, 4) is 0 Å². The molecule has 0 unspecified atom stereocenters. The van der Waals surface area contributed by atoms with Gasteiger partial charge in [-0.1, -0.05) is 47.5 Å². The van der Waals surface area contributed by atoms with Crippen molar-refractivity contribution in [2.24, 2.45) is 7.05 Å². The molecule has 6 aromatic heterocycles. The van der Waals surface area contributed by atoms with Gasteiger partial charge in [0.1, 0.15) is 11.6 Å². The lowest BCUT2D eigenvalue weighted by atomic mass is 10.8. The van der Waals surface area contributed by atoms with Crippen LogP contribution in [0.2, 0.25) is 0 Å². The van der Waals surface area contributed by atoms with E-state index in [1.165, 1.54) is 4.80 Å². The number of aryl methyl sites for hydroxylation is 7. The Kier molecular flexibility index (Phi) is 29.2. The van der Waals surface area contributed by atoms with Crippen molar-refractivity contribution >= 4 is 11.5 Å². The van der Waals surface area contributed by atoms with Gasteiger partial charge in [0.15, 0.2) is 11.6 Å². The number of hydrogen-bond acceptors (Lipinski definition) is 18. The Labute approximate surface area is 267 Å². The van der Waals surface area contributed by atoms with Crippen LogP contribution in [0.5, 0.6) is 0 Å². The summed E-state index contributed by atoms with van der Waals surface area (Å²) in [5, 5.41) is 34.5. The molecule has 0 aliphatic rings. The molecule has 0 saturated heterocycles. The zero-order valence-electron chi connectivity index (χ0n) is 22.7. The highest BCUT2D eigenvalue weighted by Crippen LogP contribution is 1.80. The number of aromatic nitrogens is 16. The van der Waals surface area contributed by atoms with Gasteiger partial charge in [0.2, 0.25) is 11.8 Å². The molecule has 0 bridgehead atoms. The number of nitrogens with one attached hydrogen (secondary N) is 5. The van der Waals surface area contributed by atoms with Crippen molar-refractivity contribution in [2.45, 2.75) is 78.7 Å². The molecule has 5 N–H and O–H groups in total. The fourth-order valence-electron chi connectivity index (χ4n) is 1.81. The molecule has 0 aliphatic carbocycles. The van der Waals surface area contributed by atoms with E-state index in [2.05, 4.69) is 84.2 Å². The first-order chi connectivity index (χ1) is 19.3. The van der Waals surface area contributed by atoms with Crippen molar-refractivity contribution in [1.82, 2.24) is 80.7 Å². The van der Waals surface area contributed by atoms with Crippen LogP contribution in [0.3, 0.4) is 0 Å². The molecule has 24 heteroatoms. The number of tetrazole rings is 2. The van der Waals surface area contributed by atoms with Crippen molar-refractivity contribution in [3.05, 3.63) is 76.3 Å². The van der Waals surface area contributed by atoms with Gasteiger partial charge in [0, 0.05) is 25.4 Å². The lowest BCUT2D eigenvalue weighted by Crippen LogP contribution is -1.99. The van der Waals surface area contributed by atoms with Gasteiger partial charge in [-0.15, -0.1) is 25.5 Å². The van der Waals surface area contributed by atoms with E-state index < -0.39 is 17.2 Å². The van der Waals surface area contributed by atoms with Crippen molar-refractivity contribution in [2.75, 3.05) is 0 Å². The Bertz CT molecular complexity index is 1530. The second-order valence-corrected chi connectivity index (χ2v) is 7.65. The molecule has 6 heterocycles. The molecular formula is C22H46N16O7S. The summed E-state index contributed by atoms with van der Waals surface area (Å²) in [5.74, 6) is 2.31. The Morgan fingerprint density at radius 2 is 1.41 bits per heavy atom. The first-order valence-electron chi connectivity index (χ1n) is 10.8. The minimum atomic E-state index is -0.502. The molecular weight excluding hydrogens is 632 g/mol. The molecule has 0 radical (unpaired) electrons. The fraction of sp³-hybridized carbons (Fsp3) is 0.545. The maximum absolute atomic E-state index is 10.2. The van der Waals surface area contributed by atoms with Crippen LogP contribution in [0.4, 0.5) is 0 Å². The predicted molar refractivity (Wildman–Crippen MR) is 169 cm³/mol. The predicted octanol–water partition coefficient (Wildman–Crippen LogP) is 1.36. The van der Waals surface area contributed by atoms with Crippen LogP contribution in [0, 0.1) is 41.5 Å². The molecule has 0 aromatic carbocycles. The quantitative estimate of drug-likeness (QED) is 0.151. The average molecular weight is 679 g/mol. The molecule has 6 aromatic rings. The largest absolute Gasteiger partial charge is 0.438 e. The van der Waals surface area contributed by atoms with Gasteiger partial charge in [-0.05, 0) is 32.9 Å². The number of H-pyrrole nitrogens is 5. The van der Waals surface area contributed by atoms with Crippen LogP contribution in [0.15, 0.2) is 32.6 Å². The van der Waals surface area contributed by atoms with Gasteiger partial charge in [-0.25, -0.2) is 19.5 Å². The van der Waals surface area contributed by atoms with Crippen LogP contribution < -0.4 is 22.1 Å². The first kappa shape index (κ1) is 50.0. The van der Waals surface area contributed by atoms with Gasteiger partial charge in [-0.2, -0.15) is 24.5 Å². The molecule has 262 valence electrons. The van der Waals surface area contributed by atoms with E-state index in [1.807, 2.05) is 5.16 Å². The second kappa shape index (κ2) is 26.9. The average Bonchev–Trinajstić information content (AvgIpc) is 3.75. The summed E-state index contributed by atoms with van der Waals surface area (Å²) in [6, 6.07) is 0. The molecule has 6 rings (SSSR count). The van der Waals surface area contributed by atoms with Crippen LogP contribution in [-0.2, 0) is 7.05 Å². The minimum Gasteiger partial charge on any atom is -0.393 e. The molecule has 0 fully saturated rings. The van der Waals surface area contributed by atoms with Crippen molar-refractivity contribution < 1.29 is 13.5 Å². The highest BCUT2D eigenvalue weighted by Gasteiger charge is 1.89. The van der Waals surface area contributed by atoms with Gasteiger partial charge in [-0.3, -0.25) is 19.3 Å². The van der Waals surface area contributed by atoms with Crippen molar-refractivity contribution in [1.29, 1.82) is 0 Å². The lowest BCUT2D eigenvalue weighted by molar-refractivity contribution is 0.383. The van der Waals surface area contributed by atoms with E-state index in [1.54, 1.807) is 48.6 Å². The number of hydrogen-bond donors (Lipinski definition) is 5. The number of aromatic amines is 5. The summed E-state index contributed by atoms with van der Waals surface area (Å²) >= 11 is 0.943. The zero-order valence-corrected chi connectivity index (χ0v) is 23.5. The van der Waals surface area contributed by atoms with Crippen LogP contribution in [0.1, 0.15) is 72.2 Å². The molecule has 0 saturated carbocycles. The van der Waals surface area contributed by atoms with Gasteiger partial charge < -0.3 is 8.94 Å². The molecule has 0 spiro atoms. The van der Waals surface area contributed by atoms with E-state index in [-0.39, 0.29) is 42.0 Å². The van der Waals surface area contributed by atoms with Crippen LogP contribution in [-0.4, -0.2) is 80.7 Å². The molecule has 23 nitrogen and oxygen atoms in total. The SMILES string of the molecule is C.C.C.C.C.Cc1n[nH]c(=O)o1.Cc1nc(=O)[nH]o1.Cc1nn[nH]n1.Cc1nnn(C)n1.Cc1noc(=O)[nH]1.Cc1nsc(=O)[nH]1. The second-order valence-electron chi connectivity index (χ2n) is 6.92. The zero-order chi connectivity index (χ0) is 30.8. The Morgan fingerprint density at radius 3 is 1.54 bits per heavy atom. The molecule has 0 atom stereocenters. The highest BCUT2D eigenvalue weighted by molar-refractivity contribution is 7.02. The van der Waals surface area contributed by atoms with Gasteiger partial charge in [0.25, 0.3) is 0 Å². The summed E-state index contributed by atoms with van der Waals surface area (Å²) in [6.07, 6.45) is 0. The van der Waals surface area contributed by atoms with Crippen LogP contribution >= 0.6 is 11.5 Å².